The molecule has 1 heterocycles. The van der Waals surface area contributed by atoms with Crippen molar-refractivity contribution >= 4 is 29.9 Å². The standard InChI is InChI=1S/C21H31N5O.HI/c1-22-20(25(2)14-17-13-24-26(3)15-17)23-16-21(10-5-6-11-21)18-8-7-9-19(12-18)27-4;/h7-9,12-13,15H,5-6,10-11,14,16H2,1-4H3,(H,22,23);1H. The second-order valence-corrected chi connectivity index (χ2v) is 7.50. The summed E-state index contributed by atoms with van der Waals surface area (Å²) in [6, 6.07) is 8.53. The zero-order valence-electron chi connectivity index (χ0n) is 17.3. The van der Waals surface area contributed by atoms with Crippen LogP contribution in [0.3, 0.4) is 0 Å². The molecule has 6 nitrogen and oxygen atoms in total. The van der Waals surface area contributed by atoms with Crippen molar-refractivity contribution in [1.29, 1.82) is 0 Å². The monoisotopic (exact) mass is 497 g/mol. The molecule has 1 fully saturated rings. The summed E-state index contributed by atoms with van der Waals surface area (Å²) < 4.78 is 7.28. The van der Waals surface area contributed by atoms with Gasteiger partial charge in [0.15, 0.2) is 5.96 Å². The molecule has 1 saturated carbocycles. The van der Waals surface area contributed by atoms with Crippen LogP contribution in [0.4, 0.5) is 0 Å². The summed E-state index contributed by atoms with van der Waals surface area (Å²) in [4.78, 5) is 6.63. The lowest BCUT2D eigenvalue weighted by Gasteiger charge is -2.32. The van der Waals surface area contributed by atoms with Crippen LogP contribution in [0.15, 0.2) is 41.7 Å². The molecule has 7 heteroatoms. The third-order valence-electron chi connectivity index (χ3n) is 5.58. The lowest BCUT2D eigenvalue weighted by atomic mass is 9.78. The maximum Gasteiger partial charge on any atom is 0.193 e. The molecule has 0 radical (unpaired) electrons. The second kappa shape index (κ2) is 10.1. The van der Waals surface area contributed by atoms with E-state index in [1.807, 2.05) is 37.2 Å². The first-order valence-electron chi connectivity index (χ1n) is 9.60. The summed E-state index contributed by atoms with van der Waals surface area (Å²) in [5, 5.41) is 7.87. The number of nitrogens with one attached hydrogen (secondary N) is 1. The third kappa shape index (κ3) is 5.18. The molecule has 1 aromatic heterocycles. The summed E-state index contributed by atoms with van der Waals surface area (Å²) in [5.74, 6) is 1.84. The van der Waals surface area contributed by atoms with Crippen molar-refractivity contribution in [3.05, 3.63) is 47.8 Å². The maximum absolute atomic E-state index is 5.45. The van der Waals surface area contributed by atoms with Crippen LogP contribution in [0.25, 0.3) is 0 Å². The van der Waals surface area contributed by atoms with E-state index in [0.29, 0.717) is 0 Å². The first-order valence-corrected chi connectivity index (χ1v) is 9.60. The topological polar surface area (TPSA) is 54.7 Å². The second-order valence-electron chi connectivity index (χ2n) is 7.50. The molecule has 1 aliphatic rings. The highest BCUT2D eigenvalue weighted by Crippen LogP contribution is 2.41. The Kier molecular flexibility index (Phi) is 8.15. The Hall–Kier alpha value is -1.77. The van der Waals surface area contributed by atoms with Crippen molar-refractivity contribution in [1.82, 2.24) is 20.0 Å². The molecule has 0 spiro atoms. The van der Waals surface area contributed by atoms with Crippen molar-refractivity contribution in [2.24, 2.45) is 12.0 Å². The van der Waals surface area contributed by atoms with Gasteiger partial charge >= 0.3 is 0 Å². The van der Waals surface area contributed by atoms with Crippen LogP contribution in [0, 0.1) is 0 Å². The van der Waals surface area contributed by atoms with E-state index in [1.165, 1.54) is 36.8 Å². The predicted molar refractivity (Wildman–Crippen MR) is 125 cm³/mol. The molecule has 3 rings (SSSR count). The highest BCUT2D eigenvalue weighted by atomic mass is 127. The number of aryl methyl sites for hydroxylation is 1. The van der Waals surface area contributed by atoms with E-state index in [9.17, 15) is 0 Å². The molecular formula is C21H32IN5O. The number of aromatic nitrogens is 2. The molecular weight excluding hydrogens is 465 g/mol. The van der Waals surface area contributed by atoms with Gasteiger partial charge in [-0.2, -0.15) is 5.10 Å². The number of halogens is 1. The first kappa shape index (κ1) is 22.5. The molecule has 28 heavy (non-hydrogen) atoms. The molecule has 1 N–H and O–H groups in total. The maximum atomic E-state index is 5.45. The summed E-state index contributed by atoms with van der Waals surface area (Å²) >= 11 is 0. The molecule has 1 aliphatic carbocycles. The quantitative estimate of drug-likeness (QED) is 0.377. The Morgan fingerprint density at radius 1 is 1.36 bits per heavy atom. The Labute approximate surface area is 185 Å². The lowest BCUT2D eigenvalue weighted by Crippen LogP contribution is -2.45. The normalized spacial score (nSPS) is 15.8. The minimum absolute atomic E-state index is 0. The molecule has 154 valence electrons. The van der Waals surface area contributed by atoms with Gasteiger partial charge in [-0.3, -0.25) is 9.67 Å². The van der Waals surface area contributed by atoms with Crippen LogP contribution < -0.4 is 10.1 Å². The van der Waals surface area contributed by atoms with E-state index < -0.39 is 0 Å². The predicted octanol–water partition coefficient (Wildman–Crippen LogP) is 3.57. The number of guanidine groups is 1. The van der Waals surface area contributed by atoms with Gasteiger partial charge in [0.25, 0.3) is 0 Å². The Morgan fingerprint density at radius 3 is 2.71 bits per heavy atom. The average Bonchev–Trinajstić information content (AvgIpc) is 3.32. The zero-order chi connectivity index (χ0) is 19.3. The molecule has 1 aromatic carbocycles. The fourth-order valence-corrected chi connectivity index (χ4v) is 4.11. The van der Waals surface area contributed by atoms with Crippen molar-refractivity contribution in [3.8, 4) is 5.75 Å². The summed E-state index contributed by atoms with van der Waals surface area (Å²) in [7, 11) is 7.58. The number of ether oxygens (including phenoxy) is 1. The van der Waals surface area contributed by atoms with Crippen LogP contribution >= 0.6 is 24.0 Å². The molecule has 0 saturated heterocycles. The minimum atomic E-state index is 0. The molecule has 0 atom stereocenters. The number of methoxy groups -OCH3 is 1. The van der Waals surface area contributed by atoms with Gasteiger partial charge in [0.05, 0.1) is 13.3 Å². The Morgan fingerprint density at radius 2 is 2.11 bits per heavy atom. The number of hydrogen-bond acceptors (Lipinski definition) is 3. The van der Waals surface area contributed by atoms with Crippen LogP contribution in [0.2, 0.25) is 0 Å². The number of hydrogen-bond donors (Lipinski definition) is 1. The molecule has 0 unspecified atom stereocenters. The van der Waals surface area contributed by atoms with E-state index in [-0.39, 0.29) is 29.4 Å². The molecule has 0 aliphatic heterocycles. The lowest BCUT2D eigenvalue weighted by molar-refractivity contribution is 0.397. The van der Waals surface area contributed by atoms with Crippen LogP contribution in [0.1, 0.15) is 36.8 Å². The molecule has 0 amide bonds. The van der Waals surface area contributed by atoms with E-state index in [0.717, 1.165) is 24.8 Å². The summed E-state index contributed by atoms with van der Waals surface area (Å²) in [6.07, 6.45) is 8.86. The number of nitrogens with zero attached hydrogens (tertiary/aromatic N) is 4. The third-order valence-corrected chi connectivity index (χ3v) is 5.58. The molecule has 2 aromatic rings. The van der Waals surface area contributed by atoms with Crippen molar-refractivity contribution < 1.29 is 4.74 Å². The SMILES string of the molecule is CN=C(NCC1(c2cccc(OC)c2)CCCC1)N(C)Cc1cnn(C)c1.I. The average molecular weight is 497 g/mol. The fourth-order valence-electron chi connectivity index (χ4n) is 4.11. The van der Waals surface area contributed by atoms with Gasteiger partial charge in [0.1, 0.15) is 5.75 Å². The van der Waals surface area contributed by atoms with Crippen molar-refractivity contribution in [2.75, 3.05) is 27.7 Å². The van der Waals surface area contributed by atoms with Gasteiger partial charge in [-0.1, -0.05) is 25.0 Å². The van der Waals surface area contributed by atoms with Gasteiger partial charge in [-0.15, -0.1) is 24.0 Å². The van der Waals surface area contributed by atoms with Gasteiger partial charge < -0.3 is 15.0 Å². The number of rotatable bonds is 6. The number of benzene rings is 1. The van der Waals surface area contributed by atoms with Gasteiger partial charge in [0, 0.05) is 51.4 Å². The van der Waals surface area contributed by atoms with E-state index in [1.54, 1.807) is 7.11 Å². The largest absolute Gasteiger partial charge is 0.497 e. The van der Waals surface area contributed by atoms with Crippen molar-refractivity contribution in [3.63, 3.8) is 0 Å². The number of aliphatic imine (C=N–C) groups is 1. The zero-order valence-corrected chi connectivity index (χ0v) is 19.6. The van der Waals surface area contributed by atoms with E-state index in [2.05, 4.69) is 45.6 Å². The highest BCUT2D eigenvalue weighted by Gasteiger charge is 2.36. The fraction of sp³-hybridized carbons (Fsp3) is 0.524. The van der Waals surface area contributed by atoms with Gasteiger partial charge in [0.2, 0.25) is 0 Å². The first-order chi connectivity index (χ1) is 13.1. The van der Waals surface area contributed by atoms with Crippen molar-refractivity contribution in [2.45, 2.75) is 37.6 Å². The summed E-state index contributed by atoms with van der Waals surface area (Å²) in [5.41, 5.74) is 2.67. The van der Waals surface area contributed by atoms with Gasteiger partial charge in [-0.05, 0) is 30.5 Å². The van der Waals surface area contributed by atoms with Gasteiger partial charge in [-0.25, -0.2) is 0 Å². The van der Waals surface area contributed by atoms with Crippen LogP contribution in [-0.2, 0) is 19.0 Å². The smallest absolute Gasteiger partial charge is 0.193 e. The molecule has 0 bridgehead atoms. The van der Waals surface area contributed by atoms with Crippen LogP contribution in [-0.4, -0.2) is 48.4 Å². The summed E-state index contributed by atoms with van der Waals surface area (Å²) in [6.45, 7) is 1.66. The Balaban J connectivity index is 0.00000280. The van der Waals surface area contributed by atoms with E-state index in [4.69, 9.17) is 4.74 Å². The Bertz CT molecular complexity index is 783. The van der Waals surface area contributed by atoms with Crippen LogP contribution in [0.5, 0.6) is 5.75 Å². The highest BCUT2D eigenvalue weighted by molar-refractivity contribution is 14.0. The minimum Gasteiger partial charge on any atom is -0.497 e. The van der Waals surface area contributed by atoms with E-state index >= 15 is 0 Å².